The Bertz CT molecular complexity index is 668. The molecule has 0 saturated carbocycles. The fraction of sp³-hybridized carbons (Fsp3) is 0.636. The highest BCUT2D eigenvalue weighted by Crippen LogP contribution is 2.10. The van der Waals surface area contributed by atoms with Crippen LogP contribution in [0.25, 0.3) is 0 Å². The van der Waals surface area contributed by atoms with Crippen LogP contribution in [-0.4, -0.2) is 86.0 Å². The average Bonchev–Trinajstić information content (AvgIpc) is 3.20. The zero-order chi connectivity index (χ0) is 19.9. The predicted octanol–water partition coefficient (Wildman–Crippen LogP) is 1.66. The smallest absolute Gasteiger partial charge is 0.236 e. The van der Waals surface area contributed by atoms with Crippen molar-refractivity contribution < 1.29 is 4.79 Å². The van der Waals surface area contributed by atoms with Crippen molar-refractivity contribution in [1.82, 2.24) is 20.0 Å². The number of aliphatic imine (C=N–C) groups is 1. The molecule has 2 fully saturated rings. The van der Waals surface area contributed by atoms with Crippen molar-refractivity contribution in [3.8, 4) is 0 Å². The molecule has 0 aromatic heterocycles. The number of nitrogens with zero attached hydrogens (tertiary/aromatic N) is 4. The highest BCUT2D eigenvalue weighted by atomic mass is 16.2. The lowest BCUT2D eigenvalue weighted by Gasteiger charge is -2.36. The van der Waals surface area contributed by atoms with Gasteiger partial charge in [-0.1, -0.05) is 29.3 Å². The van der Waals surface area contributed by atoms with E-state index in [2.05, 4.69) is 52.2 Å². The van der Waals surface area contributed by atoms with Crippen molar-refractivity contribution >= 4 is 11.9 Å². The minimum Gasteiger partial charge on any atom is -0.356 e. The van der Waals surface area contributed by atoms with Crippen molar-refractivity contribution in [1.29, 1.82) is 0 Å². The summed E-state index contributed by atoms with van der Waals surface area (Å²) in [4.78, 5) is 23.4. The van der Waals surface area contributed by atoms with Gasteiger partial charge in [0.05, 0.1) is 6.54 Å². The average molecular weight is 386 g/mol. The summed E-state index contributed by atoms with van der Waals surface area (Å²) >= 11 is 0. The predicted molar refractivity (Wildman–Crippen MR) is 115 cm³/mol. The van der Waals surface area contributed by atoms with Gasteiger partial charge in [0, 0.05) is 52.9 Å². The summed E-state index contributed by atoms with van der Waals surface area (Å²) in [6.07, 6.45) is 3.30. The molecule has 1 N–H and O–H groups in total. The lowest BCUT2D eigenvalue weighted by molar-refractivity contribution is -0.131. The van der Waals surface area contributed by atoms with Crippen molar-refractivity contribution in [3.63, 3.8) is 0 Å². The first-order chi connectivity index (χ1) is 13.5. The van der Waals surface area contributed by atoms with E-state index in [0.29, 0.717) is 12.5 Å². The first-order valence-electron chi connectivity index (χ1n) is 10.6. The first kappa shape index (κ1) is 20.6. The number of carbonyl (C=O) groups is 1. The molecular formula is C22H35N5O. The number of aryl methyl sites for hydroxylation is 2. The molecule has 0 radical (unpaired) electrons. The van der Waals surface area contributed by atoms with Gasteiger partial charge in [-0.3, -0.25) is 14.7 Å². The molecule has 6 heteroatoms. The van der Waals surface area contributed by atoms with Crippen LogP contribution in [0.2, 0.25) is 0 Å². The van der Waals surface area contributed by atoms with Gasteiger partial charge in [0.25, 0.3) is 0 Å². The summed E-state index contributed by atoms with van der Waals surface area (Å²) in [6.45, 7) is 11.3. The normalized spacial score (nSPS) is 18.6. The Labute approximate surface area is 169 Å². The van der Waals surface area contributed by atoms with Crippen LogP contribution in [0, 0.1) is 13.8 Å². The Balaban J connectivity index is 1.41. The molecular weight excluding hydrogens is 350 g/mol. The maximum atomic E-state index is 12.3. The number of hydrogen-bond donors (Lipinski definition) is 1. The van der Waals surface area contributed by atoms with E-state index in [1.54, 1.807) is 0 Å². The molecule has 6 nitrogen and oxygen atoms in total. The summed E-state index contributed by atoms with van der Waals surface area (Å²) in [7, 11) is 1.85. The quantitative estimate of drug-likeness (QED) is 0.619. The minimum atomic E-state index is 0.293. The molecule has 0 spiro atoms. The van der Waals surface area contributed by atoms with E-state index >= 15 is 0 Å². The van der Waals surface area contributed by atoms with Gasteiger partial charge < -0.3 is 15.1 Å². The van der Waals surface area contributed by atoms with Gasteiger partial charge in [-0.2, -0.15) is 0 Å². The SMILES string of the molecule is CN=C(NCCc1cc(C)cc(C)c1)N1CCN(CC(=O)N2CCCC2)CC1. The Morgan fingerprint density at radius 2 is 1.61 bits per heavy atom. The Morgan fingerprint density at radius 3 is 2.21 bits per heavy atom. The Hall–Kier alpha value is -2.08. The summed E-state index contributed by atoms with van der Waals surface area (Å²) in [5.74, 6) is 1.26. The number of hydrogen-bond acceptors (Lipinski definition) is 3. The number of guanidine groups is 1. The topological polar surface area (TPSA) is 51.2 Å². The number of benzene rings is 1. The van der Waals surface area contributed by atoms with Gasteiger partial charge in [-0.05, 0) is 38.7 Å². The zero-order valence-corrected chi connectivity index (χ0v) is 17.7. The molecule has 0 atom stereocenters. The second-order valence-electron chi connectivity index (χ2n) is 8.07. The number of nitrogens with one attached hydrogen (secondary N) is 1. The van der Waals surface area contributed by atoms with Gasteiger partial charge in [-0.15, -0.1) is 0 Å². The third-order valence-corrected chi connectivity index (χ3v) is 5.68. The number of likely N-dealkylation sites (tertiary alicyclic amines) is 1. The molecule has 0 bridgehead atoms. The van der Waals surface area contributed by atoms with Crippen LogP contribution < -0.4 is 5.32 Å². The highest BCUT2D eigenvalue weighted by Gasteiger charge is 2.24. The van der Waals surface area contributed by atoms with Crippen LogP contribution >= 0.6 is 0 Å². The lowest BCUT2D eigenvalue weighted by atomic mass is 10.1. The van der Waals surface area contributed by atoms with Gasteiger partial charge in [-0.25, -0.2) is 0 Å². The van der Waals surface area contributed by atoms with E-state index < -0.39 is 0 Å². The molecule has 2 heterocycles. The number of piperazine rings is 1. The van der Waals surface area contributed by atoms with Gasteiger partial charge >= 0.3 is 0 Å². The third-order valence-electron chi connectivity index (χ3n) is 5.68. The Kier molecular flexibility index (Phi) is 7.31. The summed E-state index contributed by atoms with van der Waals surface area (Å²) in [5, 5.41) is 3.51. The minimum absolute atomic E-state index is 0.293. The van der Waals surface area contributed by atoms with Crippen LogP contribution in [0.1, 0.15) is 29.5 Å². The van der Waals surface area contributed by atoms with E-state index in [0.717, 1.165) is 71.0 Å². The second-order valence-corrected chi connectivity index (χ2v) is 8.07. The van der Waals surface area contributed by atoms with Gasteiger partial charge in [0.1, 0.15) is 0 Å². The first-order valence-corrected chi connectivity index (χ1v) is 10.6. The van der Waals surface area contributed by atoms with Crippen molar-refractivity contribution in [3.05, 3.63) is 34.9 Å². The summed E-state index contributed by atoms with van der Waals surface area (Å²) in [5.41, 5.74) is 4.00. The molecule has 154 valence electrons. The van der Waals surface area contributed by atoms with E-state index in [9.17, 15) is 4.79 Å². The van der Waals surface area contributed by atoms with Crippen LogP contribution in [0.3, 0.4) is 0 Å². The van der Waals surface area contributed by atoms with E-state index in [1.165, 1.54) is 16.7 Å². The van der Waals surface area contributed by atoms with Crippen molar-refractivity contribution in [2.45, 2.75) is 33.1 Å². The maximum Gasteiger partial charge on any atom is 0.236 e. The lowest BCUT2D eigenvalue weighted by Crippen LogP contribution is -2.54. The maximum absolute atomic E-state index is 12.3. The van der Waals surface area contributed by atoms with Crippen LogP contribution in [0.5, 0.6) is 0 Å². The molecule has 28 heavy (non-hydrogen) atoms. The number of rotatable bonds is 5. The van der Waals surface area contributed by atoms with Crippen LogP contribution in [0.15, 0.2) is 23.2 Å². The fourth-order valence-electron chi connectivity index (χ4n) is 4.24. The Morgan fingerprint density at radius 1 is 0.964 bits per heavy atom. The van der Waals surface area contributed by atoms with E-state index in [4.69, 9.17) is 0 Å². The summed E-state index contributed by atoms with van der Waals surface area (Å²) < 4.78 is 0. The molecule has 3 rings (SSSR count). The number of carbonyl (C=O) groups excluding carboxylic acids is 1. The summed E-state index contributed by atoms with van der Waals surface area (Å²) in [6, 6.07) is 6.73. The molecule has 0 unspecified atom stereocenters. The largest absolute Gasteiger partial charge is 0.356 e. The second kappa shape index (κ2) is 9.92. The van der Waals surface area contributed by atoms with E-state index in [-0.39, 0.29) is 0 Å². The molecule has 1 amide bonds. The van der Waals surface area contributed by atoms with Crippen molar-refractivity contribution in [2.24, 2.45) is 4.99 Å². The molecule has 2 saturated heterocycles. The molecule has 2 aliphatic rings. The number of amides is 1. The third kappa shape index (κ3) is 5.71. The molecule has 1 aromatic rings. The van der Waals surface area contributed by atoms with Crippen LogP contribution in [0.4, 0.5) is 0 Å². The van der Waals surface area contributed by atoms with Crippen molar-refractivity contribution in [2.75, 3.05) is 59.4 Å². The fourth-order valence-corrected chi connectivity index (χ4v) is 4.24. The molecule has 0 aliphatic carbocycles. The highest BCUT2D eigenvalue weighted by molar-refractivity contribution is 5.80. The molecule has 1 aromatic carbocycles. The van der Waals surface area contributed by atoms with Gasteiger partial charge in [0.2, 0.25) is 5.91 Å². The monoisotopic (exact) mass is 385 g/mol. The standard InChI is InChI=1S/C22H35N5O/c1-18-14-19(2)16-20(15-18)6-7-24-22(23-3)27-12-10-25(11-13-27)17-21(28)26-8-4-5-9-26/h14-16H,4-13,17H2,1-3H3,(H,23,24). The molecule has 2 aliphatic heterocycles. The zero-order valence-electron chi connectivity index (χ0n) is 17.7. The van der Waals surface area contributed by atoms with Crippen LogP contribution in [-0.2, 0) is 11.2 Å². The van der Waals surface area contributed by atoms with Gasteiger partial charge in [0.15, 0.2) is 5.96 Å². The van der Waals surface area contributed by atoms with E-state index in [1.807, 2.05) is 11.9 Å².